The molecule has 0 aliphatic heterocycles. The van der Waals surface area contributed by atoms with Crippen LogP contribution in [0.25, 0.3) is 0 Å². The van der Waals surface area contributed by atoms with Crippen molar-refractivity contribution < 1.29 is 4.79 Å². The van der Waals surface area contributed by atoms with E-state index < -0.39 is 0 Å². The molecule has 0 saturated carbocycles. The standard InChI is InChI=1S/C13H21NO/c1-4-10-8-7-9-12(11(10)5-2)14-13(15)6-3/h7,9-10H,4-6,8H2,1-3H3,(H,14,15). The largest absolute Gasteiger partial charge is 0.326 e. The molecule has 0 aromatic heterocycles. The van der Waals surface area contributed by atoms with Gasteiger partial charge in [0.2, 0.25) is 5.91 Å². The van der Waals surface area contributed by atoms with Gasteiger partial charge in [-0.2, -0.15) is 0 Å². The molecular formula is C13H21NO. The quantitative estimate of drug-likeness (QED) is 0.753. The lowest BCUT2D eigenvalue weighted by Crippen LogP contribution is -2.25. The molecule has 0 aromatic rings. The lowest BCUT2D eigenvalue weighted by molar-refractivity contribution is -0.120. The van der Waals surface area contributed by atoms with Crippen LogP contribution in [-0.2, 0) is 4.79 Å². The van der Waals surface area contributed by atoms with E-state index in [-0.39, 0.29) is 5.91 Å². The van der Waals surface area contributed by atoms with Crippen molar-refractivity contribution in [3.8, 4) is 0 Å². The lowest BCUT2D eigenvalue weighted by Gasteiger charge is -2.23. The number of hydrogen-bond donors (Lipinski definition) is 1. The van der Waals surface area contributed by atoms with Crippen LogP contribution >= 0.6 is 0 Å². The van der Waals surface area contributed by atoms with Crippen molar-refractivity contribution in [1.82, 2.24) is 5.32 Å². The van der Waals surface area contributed by atoms with Crippen LogP contribution in [0.1, 0.15) is 46.5 Å². The fourth-order valence-electron chi connectivity index (χ4n) is 2.07. The number of nitrogens with one attached hydrogen (secondary N) is 1. The predicted molar refractivity (Wildman–Crippen MR) is 63.3 cm³/mol. The van der Waals surface area contributed by atoms with Crippen molar-refractivity contribution in [3.05, 3.63) is 23.4 Å². The Bertz CT molecular complexity index is 289. The number of allylic oxidation sites excluding steroid dienone is 3. The van der Waals surface area contributed by atoms with E-state index >= 15 is 0 Å². The van der Waals surface area contributed by atoms with Crippen molar-refractivity contribution in [2.24, 2.45) is 5.92 Å². The Kier molecular flexibility index (Phi) is 4.60. The molecule has 0 saturated heterocycles. The Balaban J connectivity index is 2.84. The van der Waals surface area contributed by atoms with E-state index in [1.165, 1.54) is 5.57 Å². The molecular weight excluding hydrogens is 186 g/mol. The maximum Gasteiger partial charge on any atom is 0.224 e. The Morgan fingerprint density at radius 3 is 2.73 bits per heavy atom. The maximum atomic E-state index is 11.4. The summed E-state index contributed by atoms with van der Waals surface area (Å²) in [6, 6.07) is 0. The molecule has 1 unspecified atom stereocenters. The van der Waals surface area contributed by atoms with Crippen LogP contribution in [0.4, 0.5) is 0 Å². The molecule has 1 rings (SSSR count). The van der Waals surface area contributed by atoms with Gasteiger partial charge in [0, 0.05) is 12.1 Å². The Labute approximate surface area is 92.4 Å². The summed E-state index contributed by atoms with van der Waals surface area (Å²) in [5.74, 6) is 0.726. The van der Waals surface area contributed by atoms with Gasteiger partial charge >= 0.3 is 0 Å². The van der Waals surface area contributed by atoms with Gasteiger partial charge in [0.15, 0.2) is 0 Å². The first-order valence-electron chi connectivity index (χ1n) is 5.92. The van der Waals surface area contributed by atoms with Crippen LogP contribution in [0.5, 0.6) is 0 Å². The molecule has 1 aliphatic carbocycles. The van der Waals surface area contributed by atoms with Gasteiger partial charge in [-0.1, -0.05) is 26.8 Å². The second kappa shape index (κ2) is 5.74. The summed E-state index contributed by atoms with van der Waals surface area (Å²) in [5.41, 5.74) is 2.45. The minimum atomic E-state index is 0.109. The second-order valence-electron chi connectivity index (χ2n) is 3.94. The Hall–Kier alpha value is -1.05. The second-order valence-corrected chi connectivity index (χ2v) is 3.94. The van der Waals surface area contributed by atoms with Crippen molar-refractivity contribution in [3.63, 3.8) is 0 Å². The smallest absolute Gasteiger partial charge is 0.224 e. The molecule has 1 amide bonds. The van der Waals surface area contributed by atoms with Crippen molar-refractivity contribution in [1.29, 1.82) is 0 Å². The van der Waals surface area contributed by atoms with Gasteiger partial charge in [-0.3, -0.25) is 4.79 Å². The van der Waals surface area contributed by atoms with Crippen LogP contribution in [0.2, 0.25) is 0 Å². The average Bonchev–Trinajstić information content (AvgIpc) is 2.28. The molecule has 1 aliphatic rings. The van der Waals surface area contributed by atoms with E-state index in [1.54, 1.807) is 0 Å². The summed E-state index contributed by atoms with van der Waals surface area (Å²) >= 11 is 0. The monoisotopic (exact) mass is 207 g/mol. The van der Waals surface area contributed by atoms with E-state index in [2.05, 4.69) is 31.3 Å². The number of amides is 1. The third-order valence-electron chi connectivity index (χ3n) is 3.01. The summed E-state index contributed by atoms with van der Waals surface area (Å²) < 4.78 is 0. The van der Waals surface area contributed by atoms with E-state index in [9.17, 15) is 4.79 Å². The summed E-state index contributed by atoms with van der Waals surface area (Å²) in [6.07, 6.45) is 8.06. The zero-order chi connectivity index (χ0) is 11.3. The molecule has 2 heteroatoms. The van der Waals surface area contributed by atoms with E-state index in [1.807, 2.05) is 6.92 Å². The first kappa shape index (κ1) is 12.0. The SMILES string of the molecule is CCC(=O)NC1=C(CC)C(CC)CC=C1. The third kappa shape index (κ3) is 2.95. The van der Waals surface area contributed by atoms with Crippen molar-refractivity contribution in [2.45, 2.75) is 46.5 Å². The van der Waals surface area contributed by atoms with Crippen LogP contribution in [0.15, 0.2) is 23.4 Å². The minimum absolute atomic E-state index is 0.109. The highest BCUT2D eigenvalue weighted by Gasteiger charge is 2.17. The molecule has 0 bridgehead atoms. The van der Waals surface area contributed by atoms with Crippen molar-refractivity contribution in [2.75, 3.05) is 0 Å². The van der Waals surface area contributed by atoms with Gasteiger partial charge < -0.3 is 5.32 Å². The number of carbonyl (C=O) groups is 1. The molecule has 2 nitrogen and oxygen atoms in total. The number of hydrogen-bond acceptors (Lipinski definition) is 1. The summed E-state index contributed by atoms with van der Waals surface area (Å²) in [5, 5.41) is 2.99. The average molecular weight is 207 g/mol. The molecule has 15 heavy (non-hydrogen) atoms. The zero-order valence-corrected chi connectivity index (χ0v) is 9.97. The predicted octanol–water partition coefficient (Wildman–Crippen LogP) is 3.16. The number of rotatable bonds is 4. The van der Waals surface area contributed by atoms with Gasteiger partial charge in [0.1, 0.15) is 0 Å². The van der Waals surface area contributed by atoms with Gasteiger partial charge in [-0.15, -0.1) is 0 Å². The molecule has 1 atom stereocenters. The van der Waals surface area contributed by atoms with Crippen molar-refractivity contribution >= 4 is 5.91 Å². The molecule has 1 N–H and O–H groups in total. The van der Waals surface area contributed by atoms with Crippen LogP contribution in [0.3, 0.4) is 0 Å². The topological polar surface area (TPSA) is 29.1 Å². The third-order valence-corrected chi connectivity index (χ3v) is 3.01. The van der Waals surface area contributed by atoms with Gasteiger partial charge in [0.05, 0.1) is 0 Å². The lowest BCUT2D eigenvalue weighted by atomic mass is 9.86. The minimum Gasteiger partial charge on any atom is -0.326 e. The van der Waals surface area contributed by atoms with Gasteiger partial charge in [0.25, 0.3) is 0 Å². The molecule has 0 radical (unpaired) electrons. The highest BCUT2D eigenvalue weighted by atomic mass is 16.1. The maximum absolute atomic E-state index is 11.4. The first-order chi connectivity index (χ1) is 7.22. The highest BCUT2D eigenvalue weighted by molar-refractivity contribution is 5.78. The molecule has 0 aromatic carbocycles. The zero-order valence-electron chi connectivity index (χ0n) is 9.97. The molecule has 0 fully saturated rings. The van der Waals surface area contributed by atoms with Gasteiger partial charge in [-0.05, 0) is 36.8 Å². The number of carbonyl (C=O) groups excluding carboxylic acids is 1. The highest BCUT2D eigenvalue weighted by Crippen LogP contribution is 2.29. The van der Waals surface area contributed by atoms with Gasteiger partial charge in [-0.25, -0.2) is 0 Å². The summed E-state index contributed by atoms with van der Waals surface area (Å²) in [7, 11) is 0. The summed E-state index contributed by atoms with van der Waals surface area (Å²) in [6.45, 7) is 6.25. The van der Waals surface area contributed by atoms with Crippen LogP contribution in [0, 0.1) is 5.92 Å². The Morgan fingerprint density at radius 2 is 2.20 bits per heavy atom. The fourth-order valence-corrected chi connectivity index (χ4v) is 2.07. The van der Waals surface area contributed by atoms with Crippen LogP contribution in [-0.4, -0.2) is 5.91 Å². The molecule has 0 heterocycles. The summed E-state index contributed by atoms with van der Waals surface area (Å²) in [4.78, 5) is 11.4. The molecule has 0 spiro atoms. The van der Waals surface area contributed by atoms with E-state index in [0.29, 0.717) is 12.3 Å². The van der Waals surface area contributed by atoms with E-state index in [4.69, 9.17) is 0 Å². The van der Waals surface area contributed by atoms with E-state index in [0.717, 1.165) is 25.0 Å². The fraction of sp³-hybridized carbons (Fsp3) is 0.615. The molecule has 84 valence electrons. The van der Waals surface area contributed by atoms with Crippen LogP contribution < -0.4 is 5.32 Å². The first-order valence-corrected chi connectivity index (χ1v) is 5.92. The Morgan fingerprint density at radius 1 is 1.47 bits per heavy atom. The normalized spacial score (nSPS) is 20.6.